The standard InChI is InChI=1S/C31H33F3N8O3/c1-4-28(43)36-23-16-24(26(45-20-31(32,33)34)17-25(23)41-12-14-44-15-13-41)37-30-35-11-10-27(38-30)42-19-22(18-40(2)3)29(39-42)21-8-6-5-7-9-21/h4-11,16-17,19H,1,12-15,18,20H2,2-3H3,(H,36,43)(H,35,37,38). The number of halogens is 3. The van der Waals surface area contributed by atoms with E-state index in [1.165, 1.54) is 18.3 Å². The SMILES string of the molecule is C=CC(=O)Nc1cc(Nc2nccc(-n3cc(CN(C)C)c(-c4ccccc4)n3)n2)c(OCC(F)(F)F)cc1N1CCOCC1. The fraction of sp³-hybridized carbons (Fsp3) is 0.290. The lowest BCUT2D eigenvalue weighted by Crippen LogP contribution is -2.36. The topological polar surface area (TPSA) is 110 Å². The van der Waals surface area contributed by atoms with Crippen LogP contribution in [0.4, 0.5) is 36.2 Å². The number of aromatic nitrogens is 4. The molecule has 0 bridgehead atoms. The van der Waals surface area contributed by atoms with Crippen LogP contribution in [0.3, 0.4) is 0 Å². The van der Waals surface area contributed by atoms with Gasteiger partial charge in [-0.05, 0) is 26.2 Å². The zero-order valence-corrected chi connectivity index (χ0v) is 24.8. The fourth-order valence-corrected chi connectivity index (χ4v) is 4.78. The Kier molecular flexibility index (Phi) is 9.64. The summed E-state index contributed by atoms with van der Waals surface area (Å²) in [6, 6.07) is 14.4. The molecule has 0 spiro atoms. The molecule has 11 nitrogen and oxygen atoms in total. The number of carbonyl (C=O) groups is 1. The Morgan fingerprint density at radius 1 is 1.13 bits per heavy atom. The highest BCUT2D eigenvalue weighted by atomic mass is 19.4. The molecular weight excluding hydrogens is 589 g/mol. The summed E-state index contributed by atoms with van der Waals surface area (Å²) in [4.78, 5) is 25.1. The van der Waals surface area contributed by atoms with Gasteiger partial charge in [0.1, 0.15) is 5.75 Å². The highest BCUT2D eigenvalue weighted by molar-refractivity contribution is 6.02. The number of benzene rings is 2. The van der Waals surface area contributed by atoms with Gasteiger partial charge in [-0.3, -0.25) is 4.79 Å². The second kappa shape index (κ2) is 13.8. The second-order valence-corrected chi connectivity index (χ2v) is 10.5. The summed E-state index contributed by atoms with van der Waals surface area (Å²) in [6.45, 7) is 4.40. The Balaban J connectivity index is 1.52. The van der Waals surface area contributed by atoms with Crippen LogP contribution in [-0.2, 0) is 16.1 Å². The summed E-state index contributed by atoms with van der Waals surface area (Å²) in [6.07, 6.45) is -0.0795. The number of ether oxygens (including phenoxy) is 2. The minimum Gasteiger partial charge on any atom is -0.482 e. The molecule has 236 valence electrons. The molecule has 0 atom stereocenters. The van der Waals surface area contributed by atoms with Gasteiger partial charge in [0.05, 0.1) is 36.0 Å². The van der Waals surface area contributed by atoms with E-state index in [2.05, 4.69) is 27.2 Å². The van der Waals surface area contributed by atoms with E-state index in [0.717, 1.165) is 22.9 Å². The Bertz CT molecular complexity index is 1640. The third-order valence-electron chi connectivity index (χ3n) is 6.73. The van der Waals surface area contributed by atoms with E-state index in [1.54, 1.807) is 10.7 Å². The molecule has 2 N–H and O–H groups in total. The minimum atomic E-state index is -4.58. The van der Waals surface area contributed by atoms with E-state index in [1.807, 2.05) is 60.4 Å². The Morgan fingerprint density at radius 3 is 2.58 bits per heavy atom. The zero-order valence-electron chi connectivity index (χ0n) is 24.8. The predicted octanol–water partition coefficient (Wildman–Crippen LogP) is 5.04. The second-order valence-electron chi connectivity index (χ2n) is 10.5. The van der Waals surface area contributed by atoms with Crippen molar-refractivity contribution in [2.24, 2.45) is 0 Å². The summed E-state index contributed by atoms with van der Waals surface area (Å²) < 4.78 is 52.1. The number of anilines is 4. The van der Waals surface area contributed by atoms with E-state index in [9.17, 15) is 18.0 Å². The van der Waals surface area contributed by atoms with Gasteiger partial charge in [-0.15, -0.1) is 0 Å². The van der Waals surface area contributed by atoms with Crippen LogP contribution >= 0.6 is 0 Å². The molecule has 2 aromatic carbocycles. The van der Waals surface area contributed by atoms with Crippen molar-refractivity contribution in [1.29, 1.82) is 0 Å². The lowest BCUT2D eigenvalue weighted by atomic mass is 10.1. The van der Waals surface area contributed by atoms with Crippen LogP contribution in [0.15, 0.2) is 73.6 Å². The first-order chi connectivity index (χ1) is 21.6. The van der Waals surface area contributed by atoms with Crippen molar-refractivity contribution in [2.75, 3.05) is 62.5 Å². The third kappa shape index (κ3) is 8.16. The van der Waals surface area contributed by atoms with Crippen molar-refractivity contribution in [3.8, 4) is 22.8 Å². The van der Waals surface area contributed by atoms with Gasteiger partial charge in [-0.25, -0.2) is 9.67 Å². The minimum absolute atomic E-state index is 0.0791. The summed E-state index contributed by atoms with van der Waals surface area (Å²) >= 11 is 0. The number of rotatable bonds is 11. The van der Waals surface area contributed by atoms with Crippen molar-refractivity contribution in [3.05, 3.63) is 79.1 Å². The molecule has 0 radical (unpaired) electrons. The van der Waals surface area contributed by atoms with Crippen molar-refractivity contribution in [3.63, 3.8) is 0 Å². The van der Waals surface area contributed by atoms with Gasteiger partial charge < -0.3 is 29.9 Å². The summed E-state index contributed by atoms with van der Waals surface area (Å²) in [5.74, 6) is -0.0785. The molecular formula is C31H33F3N8O3. The van der Waals surface area contributed by atoms with Gasteiger partial charge in [0, 0.05) is 55.3 Å². The predicted molar refractivity (Wildman–Crippen MR) is 165 cm³/mol. The average molecular weight is 623 g/mol. The molecule has 14 heteroatoms. The van der Waals surface area contributed by atoms with E-state index < -0.39 is 18.7 Å². The number of amides is 1. The lowest BCUT2D eigenvalue weighted by molar-refractivity contribution is -0.153. The first-order valence-corrected chi connectivity index (χ1v) is 14.1. The Hall–Kier alpha value is -4.95. The molecule has 45 heavy (non-hydrogen) atoms. The molecule has 1 amide bonds. The molecule has 4 aromatic rings. The normalized spacial score (nSPS) is 13.5. The lowest BCUT2D eigenvalue weighted by Gasteiger charge is -2.31. The van der Waals surface area contributed by atoms with Crippen LogP contribution in [0, 0.1) is 0 Å². The highest BCUT2D eigenvalue weighted by Crippen LogP contribution is 2.39. The number of nitrogens with zero attached hydrogens (tertiary/aromatic N) is 6. The fourth-order valence-electron chi connectivity index (χ4n) is 4.78. The van der Waals surface area contributed by atoms with E-state index >= 15 is 0 Å². The van der Waals surface area contributed by atoms with Crippen LogP contribution in [0.1, 0.15) is 5.56 Å². The van der Waals surface area contributed by atoms with Crippen LogP contribution in [0.2, 0.25) is 0 Å². The maximum atomic E-state index is 13.3. The number of carbonyl (C=O) groups excluding carboxylic acids is 1. The molecule has 1 saturated heterocycles. The quantitative estimate of drug-likeness (QED) is 0.223. The van der Waals surface area contributed by atoms with Gasteiger partial charge >= 0.3 is 6.18 Å². The van der Waals surface area contributed by atoms with E-state index in [0.29, 0.717) is 50.0 Å². The number of nitrogens with one attached hydrogen (secondary N) is 2. The molecule has 0 aliphatic carbocycles. The maximum Gasteiger partial charge on any atom is 0.422 e. The molecule has 2 aromatic heterocycles. The van der Waals surface area contributed by atoms with Crippen molar-refractivity contribution >= 4 is 28.9 Å². The van der Waals surface area contributed by atoms with Crippen molar-refractivity contribution in [2.45, 2.75) is 12.7 Å². The molecule has 1 fully saturated rings. The van der Waals surface area contributed by atoms with Gasteiger partial charge in [-0.1, -0.05) is 36.9 Å². The third-order valence-corrected chi connectivity index (χ3v) is 6.73. The van der Waals surface area contributed by atoms with Crippen LogP contribution < -0.4 is 20.3 Å². The maximum absolute atomic E-state index is 13.3. The Morgan fingerprint density at radius 2 is 1.89 bits per heavy atom. The van der Waals surface area contributed by atoms with Gasteiger partial charge in [0.25, 0.3) is 0 Å². The van der Waals surface area contributed by atoms with Crippen LogP contribution in [0.25, 0.3) is 17.1 Å². The van der Waals surface area contributed by atoms with Crippen molar-refractivity contribution < 1.29 is 27.4 Å². The smallest absolute Gasteiger partial charge is 0.422 e. The van der Waals surface area contributed by atoms with E-state index in [4.69, 9.17) is 14.6 Å². The van der Waals surface area contributed by atoms with Gasteiger partial charge in [0.2, 0.25) is 11.9 Å². The zero-order chi connectivity index (χ0) is 32.0. The summed E-state index contributed by atoms with van der Waals surface area (Å²) in [7, 11) is 3.93. The Labute approximate surface area is 258 Å². The van der Waals surface area contributed by atoms with Gasteiger partial charge in [-0.2, -0.15) is 23.3 Å². The number of hydrogen-bond acceptors (Lipinski definition) is 9. The molecule has 0 saturated carbocycles. The van der Waals surface area contributed by atoms with Gasteiger partial charge in [0.15, 0.2) is 12.4 Å². The molecule has 1 aliphatic rings. The highest BCUT2D eigenvalue weighted by Gasteiger charge is 2.30. The first-order valence-electron chi connectivity index (χ1n) is 14.1. The monoisotopic (exact) mass is 622 g/mol. The van der Waals surface area contributed by atoms with Crippen molar-refractivity contribution in [1.82, 2.24) is 24.6 Å². The summed E-state index contributed by atoms with van der Waals surface area (Å²) in [5.41, 5.74) is 3.65. The number of alkyl halides is 3. The molecule has 5 rings (SSSR count). The number of hydrogen-bond donors (Lipinski definition) is 2. The molecule has 3 heterocycles. The summed E-state index contributed by atoms with van der Waals surface area (Å²) in [5, 5.41) is 10.5. The molecule has 0 unspecified atom stereocenters. The van der Waals surface area contributed by atoms with Crippen LogP contribution in [-0.4, -0.2) is 83.7 Å². The largest absolute Gasteiger partial charge is 0.482 e. The number of morpholine rings is 1. The average Bonchev–Trinajstić information content (AvgIpc) is 3.44. The molecule has 1 aliphatic heterocycles. The van der Waals surface area contributed by atoms with E-state index in [-0.39, 0.29) is 17.4 Å². The first kappa shape index (κ1) is 31.5. The van der Waals surface area contributed by atoms with Crippen LogP contribution in [0.5, 0.6) is 5.75 Å².